The summed E-state index contributed by atoms with van der Waals surface area (Å²) in [5.41, 5.74) is 5.61. The van der Waals surface area contributed by atoms with E-state index in [2.05, 4.69) is 0 Å². The fraction of sp³-hybridized carbons (Fsp3) is 0.917. The summed E-state index contributed by atoms with van der Waals surface area (Å²) in [4.78, 5) is 14.3. The first-order valence-corrected chi connectivity index (χ1v) is 6.53. The Morgan fingerprint density at radius 3 is 2.83 bits per heavy atom. The molecule has 1 amide bonds. The predicted molar refractivity (Wildman–Crippen MR) is 70.8 cm³/mol. The first-order valence-electron chi connectivity index (χ1n) is 6.53. The van der Waals surface area contributed by atoms with Gasteiger partial charge in [-0.3, -0.25) is 4.79 Å². The summed E-state index contributed by atoms with van der Waals surface area (Å²) in [7, 11) is 0. The first kappa shape index (κ1) is 15.7. The third-order valence-corrected chi connectivity index (χ3v) is 3.50. The summed E-state index contributed by atoms with van der Waals surface area (Å²) in [6, 6.07) is 0.298. The number of nitrogens with zero attached hydrogens (tertiary/aromatic N) is 1. The molecule has 106 valence electrons. The first-order chi connectivity index (χ1) is 8.33. The van der Waals surface area contributed by atoms with E-state index < -0.39 is 6.10 Å². The fourth-order valence-corrected chi connectivity index (χ4v) is 2.60. The predicted octanol–water partition coefficient (Wildman–Crippen LogP) is 0.554. The van der Waals surface area contributed by atoms with Crippen LogP contribution in [0.5, 0.6) is 0 Å². The number of hydrogen-bond donors (Lipinski definition) is 1. The van der Waals surface area contributed by atoms with E-state index in [1.54, 1.807) is 0 Å². The molecule has 2 unspecified atom stereocenters. The van der Waals surface area contributed by atoms with Gasteiger partial charge in [0.25, 0.3) is 5.91 Å². The molecule has 0 aromatic heterocycles. The van der Waals surface area contributed by atoms with Crippen molar-refractivity contribution in [3.8, 4) is 0 Å². The van der Waals surface area contributed by atoms with Crippen LogP contribution >= 0.6 is 12.4 Å². The van der Waals surface area contributed by atoms with Crippen molar-refractivity contribution >= 4 is 18.3 Å². The monoisotopic (exact) mass is 278 g/mol. The number of hydrogen-bond acceptors (Lipinski definition) is 4. The van der Waals surface area contributed by atoms with E-state index in [1.807, 2.05) is 4.90 Å². The second-order valence-corrected chi connectivity index (χ2v) is 4.69. The molecule has 2 aliphatic heterocycles. The molecule has 0 saturated carbocycles. The van der Waals surface area contributed by atoms with E-state index in [-0.39, 0.29) is 18.3 Å². The van der Waals surface area contributed by atoms with Gasteiger partial charge in [-0.25, -0.2) is 0 Å². The van der Waals surface area contributed by atoms with Gasteiger partial charge in [-0.2, -0.15) is 0 Å². The number of carbonyl (C=O) groups is 1. The van der Waals surface area contributed by atoms with Crippen LogP contribution in [0.4, 0.5) is 0 Å². The van der Waals surface area contributed by atoms with E-state index >= 15 is 0 Å². The zero-order chi connectivity index (χ0) is 12.1. The normalized spacial score (nSPS) is 28.6. The van der Waals surface area contributed by atoms with Crippen LogP contribution in [-0.4, -0.2) is 55.9 Å². The van der Waals surface area contributed by atoms with Gasteiger partial charge in [0.05, 0.1) is 19.8 Å². The highest BCUT2D eigenvalue weighted by Crippen LogP contribution is 2.21. The minimum absolute atomic E-state index is 0. The maximum Gasteiger partial charge on any atom is 0.254 e. The van der Waals surface area contributed by atoms with Crippen LogP contribution in [0.1, 0.15) is 25.7 Å². The molecule has 0 aromatic rings. The number of nitrogens with two attached hydrogens (primary N) is 1. The smallest absolute Gasteiger partial charge is 0.254 e. The third-order valence-electron chi connectivity index (χ3n) is 3.50. The van der Waals surface area contributed by atoms with Crippen molar-refractivity contribution in [1.29, 1.82) is 0 Å². The van der Waals surface area contributed by atoms with E-state index in [4.69, 9.17) is 15.2 Å². The van der Waals surface area contributed by atoms with Crippen molar-refractivity contribution in [2.24, 2.45) is 5.73 Å². The van der Waals surface area contributed by atoms with Crippen LogP contribution in [0, 0.1) is 0 Å². The van der Waals surface area contributed by atoms with Crippen molar-refractivity contribution < 1.29 is 14.3 Å². The molecular weight excluding hydrogens is 256 g/mol. The van der Waals surface area contributed by atoms with Crippen molar-refractivity contribution in [1.82, 2.24) is 4.90 Å². The molecule has 6 heteroatoms. The van der Waals surface area contributed by atoms with Gasteiger partial charge in [-0.1, -0.05) is 0 Å². The lowest BCUT2D eigenvalue weighted by Gasteiger charge is -2.38. The summed E-state index contributed by atoms with van der Waals surface area (Å²) in [6.07, 6.45) is 3.83. The van der Waals surface area contributed by atoms with Gasteiger partial charge in [-0.05, 0) is 32.2 Å². The molecule has 2 atom stereocenters. The van der Waals surface area contributed by atoms with Crippen LogP contribution in [0.25, 0.3) is 0 Å². The number of rotatable bonds is 3. The molecule has 18 heavy (non-hydrogen) atoms. The number of ether oxygens (including phenoxy) is 2. The molecule has 2 rings (SSSR count). The minimum Gasteiger partial charge on any atom is -0.376 e. The Hall–Kier alpha value is -0.360. The van der Waals surface area contributed by atoms with Crippen molar-refractivity contribution in [2.45, 2.75) is 37.8 Å². The Morgan fingerprint density at radius 1 is 1.33 bits per heavy atom. The average Bonchev–Trinajstić information content (AvgIpc) is 2.40. The van der Waals surface area contributed by atoms with E-state index in [0.717, 1.165) is 25.8 Å². The molecule has 5 nitrogen and oxygen atoms in total. The average molecular weight is 279 g/mol. The highest BCUT2D eigenvalue weighted by atomic mass is 35.5. The minimum atomic E-state index is -0.401. The van der Waals surface area contributed by atoms with Crippen molar-refractivity contribution in [3.63, 3.8) is 0 Å². The fourth-order valence-electron chi connectivity index (χ4n) is 2.60. The number of piperidine rings is 1. The molecule has 0 aliphatic carbocycles. The molecular formula is C12H23ClN2O3. The van der Waals surface area contributed by atoms with Gasteiger partial charge in [0.1, 0.15) is 0 Å². The topological polar surface area (TPSA) is 64.8 Å². The van der Waals surface area contributed by atoms with E-state index in [9.17, 15) is 4.79 Å². The lowest BCUT2D eigenvalue weighted by atomic mass is 9.98. The van der Waals surface area contributed by atoms with Crippen LogP contribution in [-0.2, 0) is 14.3 Å². The lowest BCUT2D eigenvalue weighted by molar-refractivity contribution is -0.161. The second kappa shape index (κ2) is 7.94. The molecule has 0 spiro atoms. The van der Waals surface area contributed by atoms with Gasteiger partial charge in [-0.15, -0.1) is 12.4 Å². The summed E-state index contributed by atoms with van der Waals surface area (Å²) in [6.45, 7) is 2.98. The van der Waals surface area contributed by atoms with Crippen LogP contribution < -0.4 is 5.73 Å². The highest BCUT2D eigenvalue weighted by Gasteiger charge is 2.32. The SMILES string of the molecule is Cl.NCCC1CCCCN1C(=O)C1COCCO1. The number of carbonyl (C=O) groups excluding carboxylic acids is 1. The van der Waals surface area contributed by atoms with E-state index in [1.165, 1.54) is 6.42 Å². The molecule has 2 saturated heterocycles. The second-order valence-electron chi connectivity index (χ2n) is 4.69. The Kier molecular flexibility index (Phi) is 6.92. The Bertz CT molecular complexity index is 258. The number of halogens is 1. The Morgan fingerprint density at radius 2 is 2.17 bits per heavy atom. The van der Waals surface area contributed by atoms with E-state index in [0.29, 0.717) is 32.4 Å². The third kappa shape index (κ3) is 3.82. The van der Waals surface area contributed by atoms with Gasteiger partial charge in [0.2, 0.25) is 0 Å². The molecule has 0 aromatic carbocycles. The Labute approximate surface area is 114 Å². The quantitative estimate of drug-likeness (QED) is 0.819. The van der Waals surface area contributed by atoms with Gasteiger partial charge >= 0.3 is 0 Å². The summed E-state index contributed by atoms with van der Waals surface area (Å²) < 4.78 is 10.8. The standard InChI is InChI=1S/C12H22N2O3.ClH/c13-5-4-10-3-1-2-6-14(10)12(15)11-9-16-7-8-17-11;/h10-11H,1-9,13H2;1H. The molecule has 2 aliphatic rings. The maximum absolute atomic E-state index is 12.3. The van der Waals surface area contributed by atoms with Crippen LogP contribution in [0.3, 0.4) is 0 Å². The zero-order valence-electron chi connectivity index (χ0n) is 10.7. The molecule has 2 heterocycles. The molecule has 2 fully saturated rings. The number of likely N-dealkylation sites (tertiary alicyclic amines) is 1. The maximum atomic E-state index is 12.3. The largest absolute Gasteiger partial charge is 0.376 e. The number of amides is 1. The van der Waals surface area contributed by atoms with Gasteiger partial charge in [0, 0.05) is 12.6 Å². The van der Waals surface area contributed by atoms with Crippen LogP contribution in [0.2, 0.25) is 0 Å². The van der Waals surface area contributed by atoms with Gasteiger partial charge < -0.3 is 20.1 Å². The zero-order valence-corrected chi connectivity index (χ0v) is 11.5. The highest BCUT2D eigenvalue weighted by molar-refractivity contribution is 5.85. The Balaban J connectivity index is 0.00000162. The van der Waals surface area contributed by atoms with Crippen molar-refractivity contribution in [3.05, 3.63) is 0 Å². The summed E-state index contributed by atoms with van der Waals surface area (Å²) in [5, 5.41) is 0. The summed E-state index contributed by atoms with van der Waals surface area (Å²) >= 11 is 0. The van der Waals surface area contributed by atoms with Gasteiger partial charge in [0.15, 0.2) is 6.10 Å². The van der Waals surface area contributed by atoms with Crippen LogP contribution in [0.15, 0.2) is 0 Å². The molecule has 2 N–H and O–H groups in total. The van der Waals surface area contributed by atoms with Crippen molar-refractivity contribution in [2.75, 3.05) is 32.9 Å². The molecule has 0 bridgehead atoms. The molecule has 0 radical (unpaired) electrons. The summed E-state index contributed by atoms with van der Waals surface area (Å²) in [5.74, 6) is 0.0860. The lowest BCUT2D eigenvalue weighted by Crippen LogP contribution is -2.51.